The predicted octanol–water partition coefficient (Wildman–Crippen LogP) is 2.64. The van der Waals surface area contributed by atoms with Crippen LogP contribution in [0.1, 0.15) is 21.5 Å². The van der Waals surface area contributed by atoms with Crippen molar-refractivity contribution in [3.8, 4) is 23.0 Å². The van der Waals surface area contributed by atoms with Crippen molar-refractivity contribution < 1.29 is 17.6 Å². The summed E-state index contributed by atoms with van der Waals surface area (Å²) in [5.41, 5.74) is 8.13. The molecule has 0 heterocycles. The van der Waals surface area contributed by atoms with Gasteiger partial charge in [-0.1, -0.05) is 24.0 Å². The molecule has 3 rings (SSSR count). The number of hydrogen-bond donors (Lipinski definition) is 2. The van der Waals surface area contributed by atoms with Gasteiger partial charge in [0.15, 0.2) is 0 Å². The molecule has 4 N–H and O–H groups in total. The highest BCUT2D eigenvalue weighted by atomic mass is 32.2. The summed E-state index contributed by atoms with van der Waals surface area (Å²) in [6.07, 6.45) is 0. The second kappa shape index (κ2) is 7.64. The Morgan fingerprint density at radius 2 is 1.43 bits per heavy atom. The third-order valence-electron chi connectivity index (χ3n) is 3.93. The normalized spacial score (nSPS) is 10.8. The summed E-state index contributed by atoms with van der Waals surface area (Å²) in [4.78, 5) is 11.7. The molecule has 0 bridgehead atoms. The lowest BCUT2D eigenvalue weighted by Gasteiger charge is -2.06. The average molecular weight is 394 g/mol. The van der Waals surface area contributed by atoms with Crippen molar-refractivity contribution in [3.63, 3.8) is 0 Å². The number of benzene rings is 3. The predicted molar refractivity (Wildman–Crippen MR) is 104 cm³/mol. The molecule has 0 aliphatic rings. The maximum atomic E-state index is 13.0. The number of amides is 1. The highest BCUT2D eigenvalue weighted by molar-refractivity contribution is 7.89. The van der Waals surface area contributed by atoms with Crippen molar-refractivity contribution in [1.29, 1.82) is 0 Å². The molecule has 28 heavy (non-hydrogen) atoms. The van der Waals surface area contributed by atoms with Crippen molar-refractivity contribution in [2.45, 2.75) is 4.90 Å². The summed E-state index contributed by atoms with van der Waals surface area (Å²) >= 11 is 0. The minimum atomic E-state index is -3.80. The van der Waals surface area contributed by atoms with E-state index in [0.717, 1.165) is 0 Å². The third-order valence-corrected chi connectivity index (χ3v) is 4.86. The number of sulfonamides is 1. The zero-order chi connectivity index (χ0) is 20.3. The number of carbonyl (C=O) groups excluding carboxylic acids is 1. The van der Waals surface area contributed by atoms with Gasteiger partial charge in [0.2, 0.25) is 15.9 Å². The quantitative estimate of drug-likeness (QED) is 0.668. The van der Waals surface area contributed by atoms with Gasteiger partial charge in [-0.15, -0.1) is 0 Å². The highest BCUT2D eigenvalue weighted by Crippen LogP contribution is 2.24. The van der Waals surface area contributed by atoms with E-state index in [1.54, 1.807) is 42.5 Å². The monoisotopic (exact) mass is 394 g/mol. The van der Waals surface area contributed by atoms with E-state index in [0.29, 0.717) is 22.3 Å². The molecule has 140 valence electrons. The van der Waals surface area contributed by atoms with E-state index >= 15 is 0 Å². The van der Waals surface area contributed by atoms with Gasteiger partial charge in [-0.05, 0) is 65.7 Å². The molecule has 7 heteroatoms. The molecule has 0 saturated carbocycles. The largest absolute Gasteiger partial charge is 0.366 e. The van der Waals surface area contributed by atoms with E-state index in [-0.39, 0.29) is 16.3 Å². The van der Waals surface area contributed by atoms with Gasteiger partial charge in [0.05, 0.1) is 4.90 Å². The number of primary sulfonamides is 1. The second-order valence-electron chi connectivity index (χ2n) is 5.99. The molecule has 3 aromatic carbocycles. The SMILES string of the molecule is NC(=O)c1cc(C#Cc2ccc(F)cc2)cc(-c2ccc(S(N)(=O)=O)cc2)c1. The van der Waals surface area contributed by atoms with Crippen LogP contribution in [0.15, 0.2) is 71.6 Å². The maximum absolute atomic E-state index is 13.0. The van der Waals surface area contributed by atoms with E-state index in [1.165, 1.54) is 24.3 Å². The summed E-state index contributed by atoms with van der Waals surface area (Å²) in [7, 11) is -3.80. The molecule has 0 fully saturated rings. The lowest BCUT2D eigenvalue weighted by atomic mass is 9.99. The lowest BCUT2D eigenvalue weighted by molar-refractivity contribution is 0.1000. The van der Waals surface area contributed by atoms with Crippen molar-refractivity contribution in [2.75, 3.05) is 0 Å². The van der Waals surface area contributed by atoms with Crippen LogP contribution in [0.4, 0.5) is 4.39 Å². The van der Waals surface area contributed by atoms with E-state index < -0.39 is 15.9 Å². The average Bonchev–Trinajstić information content (AvgIpc) is 2.67. The van der Waals surface area contributed by atoms with Crippen LogP contribution >= 0.6 is 0 Å². The summed E-state index contributed by atoms with van der Waals surface area (Å²) in [6.45, 7) is 0. The number of hydrogen-bond acceptors (Lipinski definition) is 3. The summed E-state index contributed by atoms with van der Waals surface area (Å²) in [5.74, 6) is 4.85. The fourth-order valence-corrected chi connectivity index (χ4v) is 3.04. The van der Waals surface area contributed by atoms with E-state index in [4.69, 9.17) is 10.9 Å². The third kappa shape index (κ3) is 4.62. The second-order valence-corrected chi connectivity index (χ2v) is 7.55. The molecule has 0 radical (unpaired) electrons. The van der Waals surface area contributed by atoms with Gasteiger partial charge in [-0.25, -0.2) is 17.9 Å². The van der Waals surface area contributed by atoms with Crippen molar-refractivity contribution >= 4 is 15.9 Å². The lowest BCUT2D eigenvalue weighted by Crippen LogP contribution is -2.12. The highest BCUT2D eigenvalue weighted by Gasteiger charge is 2.10. The molecular weight excluding hydrogens is 379 g/mol. The van der Waals surface area contributed by atoms with Crippen LogP contribution in [0.5, 0.6) is 0 Å². The number of nitrogens with two attached hydrogens (primary N) is 2. The van der Waals surface area contributed by atoms with Crippen LogP contribution in [-0.4, -0.2) is 14.3 Å². The number of rotatable bonds is 3. The van der Waals surface area contributed by atoms with Crippen LogP contribution < -0.4 is 10.9 Å². The molecule has 0 atom stereocenters. The maximum Gasteiger partial charge on any atom is 0.248 e. The number of primary amides is 1. The van der Waals surface area contributed by atoms with Gasteiger partial charge >= 0.3 is 0 Å². The standard InChI is InChI=1S/C21H15FN2O3S/c22-19-7-3-14(4-8-19)1-2-15-11-17(13-18(12-15)21(23)25)16-5-9-20(10-6-16)28(24,26)27/h3-13H,(H2,23,25)(H2,24,26,27). The fraction of sp³-hybridized carbons (Fsp3) is 0. The zero-order valence-electron chi connectivity index (χ0n) is 14.5. The van der Waals surface area contributed by atoms with Gasteiger partial charge in [-0.2, -0.15) is 0 Å². The molecule has 0 unspecified atom stereocenters. The minimum Gasteiger partial charge on any atom is -0.366 e. The van der Waals surface area contributed by atoms with Gasteiger partial charge in [0, 0.05) is 16.7 Å². The van der Waals surface area contributed by atoms with Crippen LogP contribution in [0.25, 0.3) is 11.1 Å². The smallest absolute Gasteiger partial charge is 0.248 e. The molecular formula is C21H15FN2O3S. The molecule has 0 saturated heterocycles. The Morgan fingerprint density at radius 3 is 2.00 bits per heavy atom. The van der Waals surface area contributed by atoms with E-state index in [2.05, 4.69) is 11.8 Å². The summed E-state index contributed by atoms with van der Waals surface area (Å²) in [5, 5.41) is 5.11. The first-order chi connectivity index (χ1) is 13.2. The Bertz CT molecular complexity index is 1210. The van der Waals surface area contributed by atoms with Gasteiger partial charge in [0.1, 0.15) is 5.82 Å². The van der Waals surface area contributed by atoms with Crippen molar-refractivity contribution in [2.24, 2.45) is 10.9 Å². The van der Waals surface area contributed by atoms with Crippen LogP contribution in [0.2, 0.25) is 0 Å². The molecule has 5 nitrogen and oxygen atoms in total. The first-order valence-electron chi connectivity index (χ1n) is 8.08. The summed E-state index contributed by atoms with van der Waals surface area (Å²) < 4.78 is 35.8. The molecule has 0 aromatic heterocycles. The van der Waals surface area contributed by atoms with E-state index in [9.17, 15) is 17.6 Å². The molecule has 0 aliphatic carbocycles. The van der Waals surface area contributed by atoms with E-state index in [1.807, 2.05) is 0 Å². The molecule has 0 aliphatic heterocycles. The topological polar surface area (TPSA) is 103 Å². The van der Waals surface area contributed by atoms with Crippen molar-refractivity contribution in [1.82, 2.24) is 0 Å². The summed E-state index contributed by atoms with van der Waals surface area (Å²) in [6, 6.07) is 16.5. The number of carbonyl (C=O) groups is 1. The Balaban J connectivity index is 2.03. The van der Waals surface area contributed by atoms with Gasteiger partial charge in [0.25, 0.3) is 0 Å². The number of halogens is 1. The van der Waals surface area contributed by atoms with Gasteiger partial charge in [-0.3, -0.25) is 4.79 Å². The molecule has 1 amide bonds. The van der Waals surface area contributed by atoms with Crippen LogP contribution in [0, 0.1) is 17.7 Å². The molecule has 3 aromatic rings. The first-order valence-corrected chi connectivity index (χ1v) is 9.63. The Hall–Kier alpha value is -3.47. The van der Waals surface area contributed by atoms with Crippen molar-refractivity contribution in [3.05, 3.63) is 89.2 Å². The fourth-order valence-electron chi connectivity index (χ4n) is 2.52. The Labute approximate surface area is 161 Å². The van der Waals surface area contributed by atoms with Crippen LogP contribution in [-0.2, 0) is 10.0 Å². The van der Waals surface area contributed by atoms with Crippen LogP contribution in [0.3, 0.4) is 0 Å². The Morgan fingerprint density at radius 1 is 0.821 bits per heavy atom. The first kappa shape index (κ1) is 19.3. The zero-order valence-corrected chi connectivity index (χ0v) is 15.3. The van der Waals surface area contributed by atoms with Gasteiger partial charge < -0.3 is 5.73 Å². The Kier molecular flexibility index (Phi) is 5.27. The molecule has 0 spiro atoms. The minimum absolute atomic E-state index is 0.0152.